The maximum atomic E-state index is 8.63. The molecule has 0 amide bonds. The summed E-state index contributed by atoms with van der Waals surface area (Å²) in [5.41, 5.74) is 0. The summed E-state index contributed by atoms with van der Waals surface area (Å²) in [5, 5.41) is 23.9. The van der Waals surface area contributed by atoms with Crippen LogP contribution in [0.2, 0.25) is 0 Å². The van der Waals surface area contributed by atoms with Gasteiger partial charge in [-0.05, 0) is 12.1 Å². The van der Waals surface area contributed by atoms with Crippen molar-refractivity contribution >= 4 is 0 Å². The van der Waals surface area contributed by atoms with E-state index in [-0.39, 0.29) is 13.2 Å². The molecule has 13 heavy (non-hydrogen) atoms. The van der Waals surface area contributed by atoms with Crippen molar-refractivity contribution < 1.29 is 15.3 Å². The highest BCUT2D eigenvalue weighted by Crippen LogP contribution is 2.02. The number of para-hydroxylation sites is 1. The predicted octanol–water partition coefficient (Wildman–Crippen LogP) is 1.17. The van der Waals surface area contributed by atoms with Crippen molar-refractivity contribution in [2.24, 2.45) is 0 Å². The van der Waals surface area contributed by atoms with Gasteiger partial charge < -0.3 is 15.3 Å². The van der Waals surface area contributed by atoms with Gasteiger partial charge in [0.25, 0.3) is 0 Å². The lowest BCUT2D eigenvalue weighted by molar-refractivity contribution is 0.186. The molecular formula is C10H16O3. The number of aliphatic hydroxyl groups is 2. The van der Waals surface area contributed by atoms with Crippen LogP contribution in [0.15, 0.2) is 43.5 Å². The van der Waals surface area contributed by atoms with Gasteiger partial charge in [-0.25, -0.2) is 0 Å². The Hall–Kier alpha value is -1.32. The lowest BCUT2D eigenvalue weighted by Gasteiger charge is -1.82. The Morgan fingerprint density at radius 1 is 0.923 bits per heavy atom. The zero-order valence-electron chi connectivity index (χ0n) is 7.56. The van der Waals surface area contributed by atoms with Crippen molar-refractivity contribution in [1.82, 2.24) is 0 Å². The van der Waals surface area contributed by atoms with Crippen LogP contribution in [0.4, 0.5) is 0 Å². The van der Waals surface area contributed by atoms with Gasteiger partial charge in [0.1, 0.15) is 5.75 Å². The standard InChI is InChI=1S/C6H6O.C2H6O2.C2H4/c7-6-4-2-1-3-5-6;3-1-2-4;1-2/h1-5,7H;3-4H,1-2H2;1-2H2. The number of hydrogen-bond acceptors (Lipinski definition) is 3. The Morgan fingerprint density at radius 3 is 1.46 bits per heavy atom. The Labute approximate surface area is 78.6 Å². The molecule has 0 aliphatic heterocycles. The first-order valence-electron chi connectivity index (χ1n) is 3.77. The first-order valence-corrected chi connectivity index (χ1v) is 3.77. The summed E-state index contributed by atoms with van der Waals surface area (Å²) in [5.74, 6) is 0.322. The van der Waals surface area contributed by atoms with E-state index in [0.29, 0.717) is 5.75 Å². The molecule has 1 aromatic carbocycles. The normalized spacial score (nSPS) is 7.23. The van der Waals surface area contributed by atoms with Gasteiger partial charge in [0.2, 0.25) is 0 Å². The summed E-state index contributed by atoms with van der Waals surface area (Å²) in [4.78, 5) is 0. The van der Waals surface area contributed by atoms with Gasteiger partial charge in [-0.15, -0.1) is 13.2 Å². The smallest absolute Gasteiger partial charge is 0.115 e. The molecule has 0 bridgehead atoms. The summed E-state index contributed by atoms with van der Waals surface area (Å²) >= 11 is 0. The van der Waals surface area contributed by atoms with E-state index in [1.807, 2.05) is 6.07 Å². The zero-order valence-corrected chi connectivity index (χ0v) is 7.56. The Morgan fingerprint density at radius 2 is 1.31 bits per heavy atom. The van der Waals surface area contributed by atoms with Crippen LogP contribution in [-0.2, 0) is 0 Å². The van der Waals surface area contributed by atoms with Gasteiger partial charge >= 0.3 is 0 Å². The molecule has 3 heteroatoms. The molecule has 1 aromatic rings. The second-order valence-corrected chi connectivity index (χ2v) is 1.78. The Kier molecular flexibility index (Phi) is 14.5. The number of aromatic hydroxyl groups is 1. The van der Waals surface area contributed by atoms with Crippen LogP contribution in [-0.4, -0.2) is 28.5 Å². The molecule has 0 saturated carbocycles. The summed E-state index contributed by atoms with van der Waals surface area (Å²) in [6.07, 6.45) is 0. The monoisotopic (exact) mass is 184 g/mol. The number of phenols is 1. The topological polar surface area (TPSA) is 60.7 Å². The molecule has 0 atom stereocenters. The van der Waals surface area contributed by atoms with Crippen LogP contribution in [0.5, 0.6) is 5.75 Å². The van der Waals surface area contributed by atoms with Crippen LogP contribution in [0.1, 0.15) is 0 Å². The molecule has 0 aliphatic carbocycles. The van der Waals surface area contributed by atoms with Crippen molar-refractivity contribution in [2.75, 3.05) is 13.2 Å². The van der Waals surface area contributed by atoms with Crippen molar-refractivity contribution in [1.29, 1.82) is 0 Å². The van der Waals surface area contributed by atoms with E-state index < -0.39 is 0 Å². The van der Waals surface area contributed by atoms with Gasteiger partial charge in [-0.1, -0.05) is 18.2 Å². The SMILES string of the molecule is C=C.OCCO.Oc1ccccc1. The molecule has 0 unspecified atom stereocenters. The largest absolute Gasteiger partial charge is 0.508 e. The highest BCUT2D eigenvalue weighted by atomic mass is 16.3. The van der Waals surface area contributed by atoms with Crippen LogP contribution in [0.3, 0.4) is 0 Å². The molecule has 74 valence electrons. The molecule has 0 fully saturated rings. The van der Waals surface area contributed by atoms with E-state index in [1.165, 1.54) is 0 Å². The molecule has 0 aromatic heterocycles. The number of benzene rings is 1. The Balaban J connectivity index is 0. The maximum absolute atomic E-state index is 8.63. The third-order valence-electron chi connectivity index (χ3n) is 0.856. The van der Waals surface area contributed by atoms with Gasteiger partial charge in [-0.2, -0.15) is 0 Å². The van der Waals surface area contributed by atoms with Crippen LogP contribution < -0.4 is 0 Å². The predicted molar refractivity (Wildman–Crippen MR) is 53.5 cm³/mol. The van der Waals surface area contributed by atoms with Crippen molar-refractivity contribution in [3.8, 4) is 5.75 Å². The third kappa shape index (κ3) is 13.6. The first kappa shape index (κ1) is 14.2. The highest BCUT2D eigenvalue weighted by molar-refractivity contribution is 5.18. The number of rotatable bonds is 1. The highest BCUT2D eigenvalue weighted by Gasteiger charge is 1.74. The fourth-order valence-electron chi connectivity index (χ4n) is 0.428. The van der Waals surface area contributed by atoms with Gasteiger partial charge in [0, 0.05) is 0 Å². The fraction of sp³-hybridized carbons (Fsp3) is 0.200. The first-order chi connectivity index (χ1) is 6.31. The second kappa shape index (κ2) is 13.3. The van der Waals surface area contributed by atoms with Crippen molar-refractivity contribution in [3.05, 3.63) is 43.5 Å². The Bertz CT molecular complexity index is 173. The third-order valence-corrected chi connectivity index (χ3v) is 0.856. The lowest BCUT2D eigenvalue weighted by Crippen LogP contribution is -1.85. The second-order valence-electron chi connectivity index (χ2n) is 1.78. The molecule has 1 rings (SSSR count). The lowest BCUT2D eigenvalue weighted by atomic mass is 10.3. The number of hydrogen-bond donors (Lipinski definition) is 3. The van der Waals surface area contributed by atoms with Gasteiger partial charge in [0.05, 0.1) is 13.2 Å². The minimum Gasteiger partial charge on any atom is -0.508 e. The minimum atomic E-state index is -0.125. The molecular weight excluding hydrogens is 168 g/mol. The summed E-state index contributed by atoms with van der Waals surface area (Å²) in [6.45, 7) is 5.75. The van der Waals surface area contributed by atoms with Crippen LogP contribution in [0, 0.1) is 0 Å². The van der Waals surface area contributed by atoms with E-state index in [4.69, 9.17) is 15.3 Å². The molecule has 0 heterocycles. The van der Waals surface area contributed by atoms with E-state index in [2.05, 4.69) is 13.2 Å². The van der Waals surface area contributed by atoms with Crippen molar-refractivity contribution in [3.63, 3.8) is 0 Å². The molecule has 0 spiro atoms. The van der Waals surface area contributed by atoms with E-state index in [9.17, 15) is 0 Å². The van der Waals surface area contributed by atoms with Crippen molar-refractivity contribution in [2.45, 2.75) is 0 Å². The van der Waals surface area contributed by atoms with Crippen LogP contribution >= 0.6 is 0 Å². The van der Waals surface area contributed by atoms with E-state index in [0.717, 1.165) is 0 Å². The summed E-state index contributed by atoms with van der Waals surface area (Å²) < 4.78 is 0. The number of phenolic OH excluding ortho intramolecular Hbond substituents is 1. The van der Waals surface area contributed by atoms with Crippen LogP contribution in [0.25, 0.3) is 0 Å². The summed E-state index contributed by atoms with van der Waals surface area (Å²) in [7, 11) is 0. The minimum absolute atomic E-state index is 0.125. The van der Waals surface area contributed by atoms with Gasteiger partial charge in [0.15, 0.2) is 0 Å². The van der Waals surface area contributed by atoms with E-state index >= 15 is 0 Å². The molecule has 3 nitrogen and oxygen atoms in total. The van der Waals surface area contributed by atoms with Gasteiger partial charge in [-0.3, -0.25) is 0 Å². The molecule has 0 aliphatic rings. The summed E-state index contributed by atoms with van der Waals surface area (Å²) in [6, 6.07) is 8.71. The number of aliphatic hydroxyl groups excluding tert-OH is 2. The molecule has 3 N–H and O–H groups in total. The molecule has 0 saturated heterocycles. The zero-order chi connectivity index (χ0) is 10.5. The fourth-order valence-corrected chi connectivity index (χ4v) is 0.428. The average Bonchev–Trinajstić information content (AvgIpc) is 2.22. The maximum Gasteiger partial charge on any atom is 0.115 e. The molecule has 0 radical (unpaired) electrons. The van der Waals surface area contributed by atoms with E-state index in [1.54, 1.807) is 24.3 Å². The average molecular weight is 184 g/mol. The quantitative estimate of drug-likeness (QED) is 0.574.